The highest BCUT2D eigenvalue weighted by molar-refractivity contribution is 7.18. The van der Waals surface area contributed by atoms with Crippen LogP contribution in [0.5, 0.6) is 11.5 Å². The van der Waals surface area contributed by atoms with Gasteiger partial charge in [0.15, 0.2) is 11.5 Å². The summed E-state index contributed by atoms with van der Waals surface area (Å²) in [5.74, 6) is 3.20. The van der Waals surface area contributed by atoms with Crippen molar-refractivity contribution in [1.29, 1.82) is 0 Å². The molecule has 8 heteroatoms. The van der Waals surface area contributed by atoms with E-state index in [0.29, 0.717) is 0 Å². The minimum absolute atomic E-state index is 0.267. The van der Waals surface area contributed by atoms with Gasteiger partial charge in [-0.05, 0) is 31.5 Å². The summed E-state index contributed by atoms with van der Waals surface area (Å²) in [4.78, 5) is 14.4. The number of nitrogens with one attached hydrogen (secondary N) is 1. The molecule has 0 unspecified atom stereocenters. The molecule has 2 aliphatic rings. The summed E-state index contributed by atoms with van der Waals surface area (Å²) in [5, 5.41) is 4.57. The zero-order valence-corrected chi connectivity index (χ0v) is 16.8. The lowest BCUT2D eigenvalue weighted by molar-refractivity contribution is 0.0331. The highest BCUT2D eigenvalue weighted by Gasteiger charge is 2.19. The van der Waals surface area contributed by atoms with E-state index in [1.165, 1.54) is 10.4 Å². The molecule has 2 aliphatic heterocycles. The average Bonchev–Trinajstić information content (AvgIpc) is 3.27. The third kappa shape index (κ3) is 3.28. The number of hydrogen-bond donors (Lipinski definition) is 1. The molecular weight excluding hydrogens is 376 g/mol. The zero-order chi connectivity index (χ0) is 19.1. The molecule has 1 fully saturated rings. The fraction of sp³-hybridized carbons (Fsp3) is 0.400. The molecule has 0 atom stereocenters. The number of ether oxygens (including phenoxy) is 3. The van der Waals surface area contributed by atoms with Crippen molar-refractivity contribution in [1.82, 2.24) is 14.9 Å². The number of rotatable bonds is 4. The second-order valence-electron chi connectivity index (χ2n) is 7.03. The molecule has 0 aliphatic carbocycles. The Balaban J connectivity index is 1.51. The van der Waals surface area contributed by atoms with Crippen LogP contribution < -0.4 is 14.8 Å². The van der Waals surface area contributed by atoms with E-state index in [4.69, 9.17) is 24.2 Å². The van der Waals surface area contributed by atoms with Gasteiger partial charge in [-0.15, -0.1) is 11.3 Å². The van der Waals surface area contributed by atoms with E-state index in [9.17, 15) is 0 Å². The van der Waals surface area contributed by atoms with Crippen LogP contribution in [0.15, 0.2) is 18.2 Å². The second-order valence-corrected chi connectivity index (χ2v) is 8.24. The van der Waals surface area contributed by atoms with Gasteiger partial charge in [-0.2, -0.15) is 0 Å². The van der Waals surface area contributed by atoms with Gasteiger partial charge < -0.3 is 19.5 Å². The SMILES string of the molecule is Cc1sc2nc(CN3CCOCC3)nc(Nc3ccc4c(c3)OCO4)c2c1C. The third-order valence-electron chi connectivity index (χ3n) is 5.18. The first-order chi connectivity index (χ1) is 13.7. The van der Waals surface area contributed by atoms with E-state index in [2.05, 4.69) is 24.1 Å². The Bertz CT molecular complexity index is 1030. The molecule has 0 amide bonds. The van der Waals surface area contributed by atoms with Gasteiger partial charge in [0.25, 0.3) is 0 Å². The van der Waals surface area contributed by atoms with Crippen LogP contribution in [0.1, 0.15) is 16.3 Å². The molecule has 146 valence electrons. The fourth-order valence-electron chi connectivity index (χ4n) is 3.53. The van der Waals surface area contributed by atoms with Crippen LogP contribution >= 0.6 is 11.3 Å². The van der Waals surface area contributed by atoms with Crippen molar-refractivity contribution in [2.24, 2.45) is 0 Å². The van der Waals surface area contributed by atoms with Gasteiger partial charge in [-0.1, -0.05) is 0 Å². The van der Waals surface area contributed by atoms with Crippen molar-refractivity contribution >= 4 is 33.1 Å². The van der Waals surface area contributed by atoms with Crippen molar-refractivity contribution in [2.45, 2.75) is 20.4 Å². The highest BCUT2D eigenvalue weighted by atomic mass is 32.1. The first kappa shape index (κ1) is 17.7. The van der Waals surface area contributed by atoms with Crippen molar-refractivity contribution < 1.29 is 14.2 Å². The van der Waals surface area contributed by atoms with Crippen LogP contribution in [0.4, 0.5) is 11.5 Å². The molecule has 0 radical (unpaired) electrons. The molecule has 4 heterocycles. The van der Waals surface area contributed by atoms with Crippen molar-refractivity contribution in [3.05, 3.63) is 34.5 Å². The fourth-order valence-corrected chi connectivity index (χ4v) is 4.57. The minimum atomic E-state index is 0.267. The number of aromatic nitrogens is 2. The number of thiophene rings is 1. The van der Waals surface area contributed by atoms with Crippen LogP contribution in [-0.2, 0) is 11.3 Å². The lowest BCUT2D eigenvalue weighted by Crippen LogP contribution is -2.36. The van der Waals surface area contributed by atoms with Crippen LogP contribution in [0, 0.1) is 13.8 Å². The van der Waals surface area contributed by atoms with Gasteiger partial charge >= 0.3 is 0 Å². The number of nitrogens with zero attached hydrogens (tertiary/aromatic N) is 3. The van der Waals surface area contributed by atoms with Crippen molar-refractivity contribution in [2.75, 3.05) is 38.4 Å². The topological polar surface area (TPSA) is 68.7 Å². The van der Waals surface area contributed by atoms with E-state index < -0.39 is 0 Å². The molecule has 0 bridgehead atoms. The monoisotopic (exact) mass is 398 g/mol. The van der Waals surface area contributed by atoms with E-state index in [1.807, 2.05) is 18.2 Å². The van der Waals surface area contributed by atoms with Crippen LogP contribution in [0.25, 0.3) is 10.2 Å². The van der Waals surface area contributed by atoms with Crippen LogP contribution in [0.3, 0.4) is 0 Å². The third-order valence-corrected chi connectivity index (χ3v) is 6.28. The summed E-state index contributed by atoms with van der Waals surface area (Å²) in [7, 11) is 0. The maximum atomic E-state index is 5.50. The molecule has 5 rings (SSSR count). The summed E-state index contributed by atoms with van der Waals surface area (Å²) < 4.78 is 16.4. The van der Waals surface area contributed by atoms with E-state index in [-0.39, 0.29) is 6.79 Å². The van der Waals surface area contributed by atoms with Crippen molar-refractivity contribution in [3.8, 4) is 11.5 Å². The molecule has 3 aromatic rings. The quantitative estimate of drug-likeness (QED) is 0.720. The van der Waals surface area contributed by atoms with Gasteiger partial charge in [0.1, 0.15) is 16.5 Å². The standard InChI is InChI=1S/C20H22N4O3S/c1-12-13(2)28-20-18(12)19(21-14-3-4-15-16(9-14)27-11-26-15)22-17(23-20)10-24-5-7-25-8-6-24/h3-4,9H,5-8,10-11H2,1-2H3,(H,21,22,23). The van der Waals surface area contributed by atoms with E-state index in [0.717, 1.165) is 71.9 Å². The van der Waals surface area contributed by atoms with Gasteiger partial charge in [0.2, 0.25) is 6.79 Å². The number of fused-ring (bicyclic) bond motifs is 2. The summed E-state index contributed by atoms with van der Waals surface area (Å²) in [6, 6.07) is 5.85. The summed E-state index contributed by atoms with van der Waals surface area (Å²) in [6.07, 6.45) is 0. The van der Waals surface area contributed by atoms with Gasteiger partial charge in [-0.3, -0.25) is 4.90 Å². The molecule has 1 N–H and O–H groups in total. The second kappa shape index (κ2) is 7.20. The minimum Gasteiger partial charge on any atom is -0.454 e. The molecule has 7 nitrogen and oxygen atoms in total. The normalized spacial score (nSPS) is 16.6. The van der Waals surface area contributed by atoms with Crippen LogP contribution in [0.2, 0.25) is 0 Å². The Hall–Kier alpha value is -2.42. The number of aryl methyl sites for hydroxylation is 2. The predicted molar refractivity (Wildman–Crippen MR) is 109 cm³/mol. The summed E-state index contributed by atoms with van der Waals surface area (Å²) in [6.45, 7) is 8.61. The molecule has 28 heavy (non-hydrogen) atoms. The zero-order valence-electron chi connectivity index (χ0n) is 15.9. The number of benzene rings is 1. The van der Waals surface area contributed by atoms with Gasteiger partial charge in [-0.25, -0.2) is 9.97 Å². The Morgan fingerprint density at radius 1 is 1.11 bits per heavy atom. The molecule has 1 aromatic carbocycles. The highest BCUT2D eigenvalue weighted by Crippen LogP contribution is 2.38. The average molecular weight is 398 g/mol. The Labute approximate surface area is 167 Å². The van der Waals surface area contributed by atoms with Gasteiger partial charge in [0, 0.05) is 29.7 Å². The number of anilines is 2. The Kier molecular flexibility index (Phi) is 4.54. The van der Waals surface area contributed by atoms with Crippen molar-refractivity contribution in [3.63, 3.8) is 0 Å². The Morgan fingerprint density at radius 2 is 1.93 bits per heavy atom. The first-order valence-electron chi connectivity index (χ1n) is 9.41. The summed E-state index contributed by atoms with van der Waals surface area (Å²) >= 11 is 1.72. The number of morpholine rings is 1. The van der Waals surface area contributed by atoms with Gasteiger partial charge in [0.05, 0.1) is 25.1 Å². The number of hydrogen-bond acceptors (Lipinski definition) is 8. The molecule has 2 aromatic heterocycles. The lowest BCUT2D eigenvalue weighted by Gasteiger charge is -2.25. The lowest BCUT2D eigenvalue weighted by atomic mass is 10.2. The largest absolute Gasteiger partial charge is 0.454 e. The van der Waals surface area contributed by atoms with E-state index >= 15 is 0 Å². The molecule has 1 saturated heterocycles. The Morgan fingerprint density at radius 3 is 2.79 bits per heavy atom. The maximum Gasteiger partial charge on any atom is 0.231 e. The predicted octanol–water partition coefficient (Wildman–Crippen LogP) is 3.61. The van der Waals surface area contributed by atoms with Crippen LogP contribution in [-0.4, -0.2) is 48.0 Å². The summed E-state index contributed by atoms with van der Waals surface area (Å²) in [5.41, 5.74) is 2.14. The smallest absolute Gasteiger partial charge is 0.231 e. The molecule has 0 spiro atoms. The maximum absolute atomic E-state index is 5.50. The molecule has 0 saturated carbocycles. The molecular formula is C20H22N4O3S. The first-order valence-corrected chi connectivity index (χ1v) is 10.2. The van der Waals surface area contributed by atoms with E-state index in [1.54, 1.807) is 11.3 Å².